The molecule has 0 amide bonds. The highest BCUT2D eigenvalue weighted by atomic mass is 14.1. The van der Waals surface area contributed by atoms with Crippen LogP contribution in [0, 0.1) is 0 Å². The van der Waals surface area contributed by atoms with Gasteiger partial charge in [0.25, 0.3) is 0 Å². The third kappa shape index (κ3) is 5.46. The Morgan fingerprint density at radius 1 is 0.325 bits per heavy atom. The molecule has 0 aliphatic heterocycles. The minimum Gasteiger partial charge on any atom is -0.0654 e. The zero-order valence-electron chi connectivity index (χ0n) is 24.6. The lowest BCUT2D eigenvalue weighted by Crippen LogP contribution is -1.89. The molecule has 0 aliphatic rings. The molecule has 0 radical (unpaired) electrons. The van der Waals surface area contributed by atoms with E-state index in [1.165, 1.54) is 142 Å². The van der Waals surface area contributed by atoms with Crippen molar-refractivity contribution < 1.29 is 0 Å². The Balaban J connectivity index is 1.31. The second-order valence-electron chi connectivity index (χ2n) is 12.0. The maximum Gasteiger partial charge on any atom is -0.00987 e. The summed E-state index contributed by atoms with van der Waals surface area (Å²) in [4.78, 5) is 0. The van der Waals surface area contributed by atoms with Gasteiger partial charge in [-0.05, 0) is 90.7 Å². The average molecular weight is 525 g/mol. The Hall–Kier alpha value is -3.38. The normalized spacial score (nSPS) is 11.9. The highest BCUT2D eigenvalue weighted by molar-refractivity contribution is 6.24. The minimum atomic E-state index is 1.19. The molecule has 0 saturated carbocycles. The van der Waals surface area contributed by atoms with Crippen LogP contribution < -0.4 is 0 Å². The summed E-state index contributed by atoms with van der Waals surface area (Å²) in [6.07, 6.45) is 15.8. The van der Waals surface area contributed by atoms with Crippen LogP contribution in [0.5, 0.6) is 0 Å². The average Bonchev–Trinajstić information content (AvgIpc) is 2.99. The number of rotatable bonds is 12. The van der Waals surface area contributed by atoms with E-state index in [9.17, 15) is 0 Å². The predicted octanol–water partition coefficient (Wildman–Crippen LogP) is 12.5. The number of hydrogen-bond donors (Lipinski definition) is 0. The maximum absolute atomic E-state index is 2.42. The van der Waals surface area contributed by atoms with Crippen LogP contribution in [-0.4, -0.2) is 0 Å². The van der Waals surface area contributed by atoms with E-state index in [1.54, 1.807) is 0 Å². The molecule has 0 nitrogen and oxygen atoms in total. The molecule has 6 aromatic carbocycles. The number of hydrogen-bond acceptors (Lipinski definition) is 0. The fourth-order valence-electron chi connectivity index (χ4n) is 6.79. The summed E-state index contributed by atoms with van der Waals surface area (Å²) in [5, 5.41) is 13.6. The SMILES string of the molecule is CCCCCCCc1ccc2c(ccc3c2ccc2c4ccc5cc(CCCCCCC)ccc5c4ccc32)c1. The molecule has 0 aliphatic carbocycles. The molecule has 0 heterocycles. The standard InChI is InChI=1S/C40H44/c1-3-5-7-9-11-13-29-15-19-33-31(27-29)17-21-37-35(33)23-25-40-38-22-18-32-28-30(14-12-10-8-6-4-2)16-20-34(32)36(38)24-26-39(37)40/h15-28H,3-14H2,1-2H3. The predicted molar refractivity (Wildman–Crippen MR) is 179 cm³/mol. The van der Waals surface area contributed by atoms with Crippen LogP contribution >= 0.6 is 0 Å². The summed E-state index contributed by atoms with van der Waals surface area (Å²) in [6, 6.07) is 33.1. The van der Waals surface area contributed by atoms with E-state index in [1.807, 2.05) is 0 Å². The molecule has 0 N–H and O–H groups in total. The first kappa shape index (κ1) is 26.8. The Kier molecular flexibility index (Phi) is 8.33. The fourth-order valence-corrected chi connectivity index (χ4v) is 6.79. The maximum atomic E-state index is 2.42. The number of fused-ring (bicyclic) bond motifs is 9. The van der Waals surface area contributed by atoms with Crippen LogP contribution in [0.25, 0.3) is 53.9 Å². The number of benzene rings is 6. The van der Waals surface area contributed by atoms with E-state index < -0.39 is 0 Å². The summed E-state index contributed by atoms with van der Waals surface area (Å²) in [7, 11) is 0. The van der Waals surface area contributed by atoms with Gasteiger partial charge in [-0.15, -0.1) is 0 Å². The third-order valence-electron chi connectivity index (χ3n) is 9.09. The Morgan fingerprint density at radius 2 is 0.650 bits per heavy atom. The van der Waals surface area contributed by atoms with Crippen molar-refractivity contribution in [3.63, 3.8) is 0 Å². The number of unbranched alkanes of at least 4 members (excludes halogenated alkanes) is 8. The van der Waals surface area contributed by atoms with Crippen molar-refractivity contribution in [1.29, 1.82) is 0 Å². The van der Waals surface area contributed by atoms with Gasteiger partial charge in [0.05, 0.1) is 0 Å². The van der Waals surface area contributed by atoms with Crippen molar-refractivity contribution >= 4 is 53.9 Å². The monoisotopic (exact) mass is 524 g/mol. The molecule has 40 heavy (non-hydrogen) atoms. The molecule has 0 fully saturated rings. The summed E-state index contributed by atoms with van der Waals surface area (Å²) < 4.78 is 0. The molecule has 0 spiro atoms. The summed E-state index contributed by atoms with van der Waals surface area (Å²) in [5.74, 6) is 0. The van der Waals surface area contributed by atoms with E-state index in [0.717, 1.165) is 0 Å². The molecule has 0 atom stereocenters. The van der Waals surface area contributed by atoms with Gasteiger partial charge in [-0.3, -0.25) is 0 Å². The van der Waals surface area contributed by atoms with Gasteiger partial charge in [0.15, 0.2) is 0 Å². The molecule has 204 valence electrons. The minimum absolute atomic E-state index is 1.19. The van der Waals surface area contributed by atoms with Gasteiger partial charge < -0.3 is 0 Å². The largest absolute Gasteiger partial charge is 0.0654 e. The smallest absolute Gasteiger partial charge is 0.00987 e. The van der Waals surface area contributed by atoms with Crippen molar-refractivity contribution in [1.82, 2.24) is 0 Å². The van der Waals surface area contributed by atoms with E-state index in [4.69, 9.17) is 0 Å². The molecule has 6 rings (SSSR count). The lowest BCUT2D eigenvalue weighted by Gasteiger charge is -2.13. The van der Waals surface area contributed by atoms with E-state index in [2.05, 4.69) is 98.8 Å². The van der Waals surface area contributed by atoms with Crippen molar-refractivity contribution in [2.45, 2.75) is 90.9 Å². The zero-order valence-corrected chi connectivity index (χ0v) is 24.6. The Labute approximate surface area is 240 Å². The Morgan fingerprint density at radius 3 is 1.05 bits per heavy atom. The second-order valence-corrected chi connectivity index (χ2v) is 12.0. The van der Waals surface area contributed by atoms with Gasteiger partial charge in [0.1, 0.15) is 0 Å². The van der Waals surface area contributed by atoms with Gasteiger partial charge in [0, 0.05) is 0 Å². The third-order valence-corrected chi connectivity index (χ3v) is 9.09. The zero-order chi connectivity index (χ0) is 27.3. The van der Waals surface area contributed by atoms with Crippen molar-refractivity contribution in [3.8, 4) is 0 Å². The van der Waals surface area contributed by atoms with Gasteiger partial charge in [-0.1, -0.05) is 150 Å². The van der Waals surface area contributed by atoms with E-state index in [0.29, 0.717) is 0 Å². The lowest BCUT2D eigenvalue weighted by atomic mass is 9.91. The molecule has 0 unspecified atom stereocenters. The molecular formula is C40H44. The first-order chi connectivity index (χ1) is 19.8. The lowest BCUT2D eigenvalue weighted by molar-refractivity contribution is 0.632. The molecule has 0 heteroatoms. The fraction of sp³-hybridized carbons (Fsp3) is 0.350. The van der Waals surface area contributed by atoms with Crippen molar-refractivity contribution in [2.24, 2.45) is 0 Å². The highest BCUT2D eigenvalue weighted by Crippen LogP contribution is 2.37. The topological polar surface area (TPSA) is 0 Å². The molecule has 0 bridgehead atoms. The second kappa shape index (κ2) is 12.4. The van der Waals surface area contributed by atoms with Crippen molar-refractivity contribution in [2.75, 3.05) is 0 Å². The van der Waals surface area contributed by atoms with Gasteiger partial charge in [0.2, 0.25) is 0 Å². The Bertz CT molecular complexity index is 1640. The summed E-state index contributed by atoms with van der Waals surface area (Å²) >= 11 is 0. The van der Waals surface area contributed by atoms with Crippen LogP contribution in [0.2, 0.25) is 0 Å². The van der Waals surface area contributed by atoms with E-state index in [-0.39, 0.29) is 0 Å². The molecular weight excluding hydrogens is 480 g/mol. The van der Waals surface area contributed by atoms with Gasteiger partial charge in [-0.25, -0.2) is 0 Å². The summed E-state index contributed by atoms with van der Waals surface area (Å²) in [5.41, 5.74) is 2.95. The van der Waals surface area contributed by atoms with Crippen LogP contribution in [0.3, 0.4) is 0 Å². The van der Waals surface area contributed by atoms with Crippen LogP contribution in [0.4, 0.5) is 0 Å². The highest BCUT2D eigenvalue weighted by Gasteiger charge is 2.10. The van der Waals surface area contributed by atoms with Crippen LogP contribution in [-0.2, 0) is 12.8 Å². The number of aryl methyl sites for hydroxylation is 2. The quantitative estimate of drug-likeness (QED) is 0.110. The first-order valence-corrected chi connectivity index (χ1v) is 16.0. The molecule has 6 aromatic rings. The van der Waals surface area contributed by atoms with Gasteiger partial charge in [-0.2, -0.15) is 0 Å². The van der Waals surface area contributed by atoms with Gasteiger partial charge >= 0.3 is 0 Å². The van der Waals surface area contributed by atoms with Crippen LogP contribution in [0.1, 0.15) is 89.2 Å². The molecule has 0 aromatic heterocycles. The van der Waals surface area contributed by atoms with Crippen molar-refractivity contribution in [3.05, 3.63) is 96.1 Å². The summed E-state index contributed by atoms with van der Waals surface area (Å²) in [6.45, 7) is 4.57. The first-order valence-electron chi connectivity index (χ1n) is 16.0. The van der Waals surface area contributed by atoms with E-state index >= 15 is 0 Å². The van der Waals surface area contributed by atoms with Crippen LogP contribution in [0.15, 0.2) is 84.9 Å². The molecule has 0 saturated heterocycles.